The highest BCUT2D eigenvalue weighted by atomic mass is 16.6. The Balaban J connectivity index is 2.47. The van der Waals surface area contributed by atoms with Crippen molar-refractivity contribution in [3.63, 3.8) is 0 Å². The first-order chi connectivity index (χ1) is 13.8. The fourth-order valence-electron chi connectivity index (χ4n) is 3.35. The zero-order valence-corrected chi connectivity index (χ0v) is 17.3. The minimum absolute atomic E-state index is 0.0532. The highest BCUT2D eigenvalue weighted by molar-refractivity contribution is 6.00. The lowest BCUT2D eigenvalue weighted by Gasteiger charge is -2.40. The van der Waals surface area contributed by atoms with Crippen LogP contribution in [0.1, 0.15) is 32.3 Å². The predicted molar refractivity (Wildman–Crippen MR) is 110 cm³/mol. The summed E-state index contributed by atoms with van der Waals surface area (Å²) in [6, 6.07) is 7.27. The van der Waals surface area contributed by atoms with Gasteiger partial charge in [-0.15, -0.1) is 0 Å². The Morgan fingerprint density at radius 1 is 1.34 bits per heavy atom. The Morgan fingerprint density at radius 2 is 2.07 bits per heavy atom. The molecule has 1 aliphatic rings. The van der Waals surface area contributed by atoms with Gasteiger partial charge in [0.2, 0.25) is 0 Å². The number of methoxy groups -OCH3 is 1. The van der Waals surface area contributed by atoms with Crippen LogP contribution in [0.25, 0.3) is 0 Å². The van der Waals surface area contributed by atoms with Crippen molar-refractivity contribution in [2.45, 2.75) is 38.8 Å². The van der Waals surface area contributed by atoms with Crippen LogP contribution in [-0.2, 0) is 9.47 Å². The van der Waals surface area contributed by atoms with Crippen molar-refractivity contribution >= 4 is 23.6 Å². The van der Waals surface area contributed by atoms with E-state index >= 15 is 0 Å². The lowest BCUT2D eigenvalue weighted by atomic mass is 9.96. The number of amides is 2. The van der Waals surface area contributed by atoms with E-state index in [1.165, 1.54) is 12.0 Å². The summed E-state index contributed by atoms with van der Waals surface area (Å²) in [7, 11) is 1.33. The SMILES string of the molecule is COC(=O)N1c2ccc(C(CN)CNCC#N)cc2N(C(=O)OC(C)C)C[C@@H]1C. The van der Waals surface area contributed by atoms with Crippen molar-refractivity contribution in [3.05, 3.63) is 23.8 Å². The minimum Gasteiger partial charge on any atom is -0.452 e. The van der Waals surface area contributed by atoms with Crippen molar-refractivity contribution in [2.75, 3.05) is 43.1 Å². The van der Waals surface area contributed by atoms with E-state index in [4.69, 9.17) is 20.5 Å². The van der Waals surface area contributed by atoms with Crippen molar-refractivity contribution in [1.82, 2.24) is 5.32 Å². The summed E-state index contributed by atoms with van der Waals surface area (Å²) in [5.74, 6) is -0.0532. The summed E-state index contributed by atoms with van der Waals surface area (Å²) in [6.07, 6.45) is -1.23. The van der Waals surface area contributed by atoms with Gasteiger partial charge in [0.25, 0.3) is 0 Å². The molecule has 2 rings (SSSR count). The van der Waals surface area contributed by atoms with E-state index in [-0.39, 0.29) is 31.2 Å². The zero-order valence-electron chi connectivity index (χ0n) is 17.3. The van der Waals surface area contributed by atoms with Crippen LogP contribution in [0.15, 0.2) is 18.2 Å². The van der Waals surface area contributed by atoms with Gasteiger partial charge in [0.15, 0.2) is 0 Å². The van der Waals surface area contributed by atoms with Crippen LogP contribution in [0.4, 0.5) is 21.0 Å². The molecule has 0 spiro atoms. The number of benzene rings is 1. The maximum Gasteiger partial charge on any atom is 0.414 e. The molecule has 9 nitrogen and oxygen atoms in total. The van der Waals surface area contributed by atoms with Gasteiger partial charge >= 0.3 is 12.2 Å². The molecule has 158 valence electrons. The smallest absolute Gasteiger partial charge is 0.414 e. The third kappa shape index (κ3) is 5.16. The summed E-state index contributed by atoms with van der Waals surface area (Å²) in [6.45, 7) is 6.81. The molecular formula is C20H29N5O4. The molecule has 1 aromatic carbocycles. The third-order valence-corrected chi connectivity index (χ3v) is 4.72. The Kier molecular flexibility index (Phi) is 7.82. The normalized spacial score (nSPS) is 16.8. The maximum absolute atomic E-state index is 12.7. The van der Waals surface area contributed by atoms with Crippen molar-refractivity contribution in [3.8, 4) is 6.07 Å². The molecule has 29 heavy (non-hydrogen) atoms. The van der Waals surface area contributed by atoms with Gasteiger partial charge < -0.3 is 20.5 Å². The maximum atomic E-state index is 12.7. The monoisotopic (exact) mass is 403 g/mol. The third-order valence-electron chi connectivity index (χ3n) is 4.72. The molecule has 2 atom stereocenters. The molecule has 0 radical (unpaired) electrons. The molecule has 1 unspecified atom stereocenters. The van der Waals surface area contributed by atoms with Gasteiger partial charge in [-0.2, -0.15) is 5.26 Å². The first-order valence-electron chi connectivity index (χ1n) is 9.61. The predicted octanol–water partition coefficient (Wildman–Crippen LogP) is 2.17. The van der Waals surface area contributed by atoms with E-state index < -0.39 is 12.2 Å². The number of hydrogen-bond donors (Lipinski definition) is 2. The van der Waals surface area contributed by atoms with Crippen LogP contribution in [0.2, 0.25) is 0 Å². The first-order valence-corrected chi connectivity index (χ1v) is 9.61. The van der Waals surface area contributed by atoms with E-state index in [2.05, 4.69) is 5.32 Å². The Labute approximate surface area is 171 Å². The molecule has 0 saturated carbocycles. The molecular weight excluding hydrogens is 374 g/mol. The summed E-state index contributed by atoms with van der Waals surface area (Å²) in [5, 5.41) is 11.8. The number of nitriles is 1. The van der Waals surface area contributed by atoms with Gasteiger partial charge in [-0.1, -0.05) is 6.07 Å². The van der Waals surface area contributed by atoms with Gasteiger partial charge in [-0.25, -0.2) is 9.59 Å². The van der Waals surface area contributed by atoms with Gasteiger partial charge in [0, 0.05) is 19.0 Å². The highest BCUT2D eigenvalue weighted by Gasteiger charge is 2.36. The van der Waals surface area contributed by atoms with Gasteiger partial charge in [0.1, 0.15) is 0 Å². The van der Waals surface area contributed by atoms with Crippen LogP contribution in [0.3, 0.4) is 0 Å². The summed E-state index contributed by atoms with van der Waals surface area (Å²) < 4.78 is 10.3. The Hall–Kier alpha value is -2.83. The molecule has 3 N–H and O–H groups in total. The standard InChI is InChI=1S/C20H29N5O4/c1-13(2)29-19(26)24-12-14(3)25(20(27)28-4)17-6-5-15(9-18(17)24)16(10-22)11-23-8-7-21/h5-6,9,13-14,16,23H,8,10-12,22H2,1-4H3/t14-,16?/m0/s1. The molecule has 2 amide bonds. The number of ether oxygens (including phenoxy) is 2. The molecule has 1 aromatic rings. The number of rotatable bonds is 6. The average molecular weight is 403 g/mol. The molecule has 1 heterocycles. The van der Waals surface area contributed by atoms with Crippen LogP contribution < -0.4 is 20.9 Å². The second kappa shape index (κ2) is 10.1. The molecule has 0 fully saturated rings. The Bertz CT molecular complexity index is 777. The zero-order chi connectivity index (χ0) is 21.6. The second-order valence-corrected chi connectivity index (χ2v) is 7.20. The largest absolute Gasteiger partial charge is 0.452 e. The molecule has 1 aliphatic heterocycles. The van der Waals surface area contributed by atoms with E-state index in [0.717, 1.165) is 5.56 Å². The summed E-state index contributed by atoms with van der Waals surface area (Å²) >= 11 is 0. The van der Waals surface area contributed by atoms with E-state index in [0.29, 0.717) is 24.5 Å². The fourth-order valence-corrected chi connectivity index (χ4v) is 3.35. The lowest BCUT2D eigenvalue weighted by Crippen LogP contribution is -2.52. The number of nitrogens with zero attached hydrogens (tertiary/aromatic N) is 3. The van der Waals surface area contributed by atoms with Crippen LogP contribution in [-0.4, -0.2) is 57.6 Å². The highest BCUT2D eigenvalue weighted by Crippen LogP contribution is 2.38. The topological polar surface area (TPSA) is 121 Å². The van der Waals surface area contributed by atoms with Crippen LogP contribution >= 0.6 is 0 Å². The number of nitrogens with one attached hydrogen (secondary N) is 1. The van der Waals surface area contributed by atoms with Gasteiger partial charge in [-0.3, -0.25) is 9.80 Å². The average Bonchev–Trinajstić information content (AvgIpc) is 2.69. The molecule has 0 aliphatic carbocycles. The lowest BCUT2D eigenvalue weighted by molar-refractivity contribution is 0.121. The van der Waals surface area contributed by atoms with Gasteiger partial charge in [0.05, 0.1) is 49.8 Å². The minimum atomic E-state index is -0.491. The summed E-state index contributed by atoms with van der Waals surface area (Å²) in [5.41, 5.74) is 7.97. The quantitative estimate of drug-likeness (QED) is 0.551. The van der Waals surface area contributed by atoms with Crippen LogP contribution in [0, 0.1) is 11.3 Å². The first kappa shape index (κ1) is 22.5. The van der Waals surface area contributed by atoms with Crippen LogP contribution in [0.5, 0.6) is 0 Å². The molecule has 9 heteroatoms. The summed E-state index contributed by atoms with van der Waals surface area (Å²) in [4.78, 5) is 28.1. The molecule has 0 saturated heterocycles. The van der Waals surface area contributed by atoms with E-state index in [1.807, 2.05) is 25.1 Å². The number of hydrogen-bond acceptors (Lipinski definition) is 7. The number of carbonyl (C=O) groups is 2. The van der Waals surface area contributed by atoms with Crippen molar-refractivity contribution < 1.29 is 19.1 Å². The van der Waals surface area contributed by atoms with E-state index in [9.17, 15) is 9.59 Å². The van der Waals surface area contributed by atoms with Crippen molar-refractivity contribution in [2.24, 2.45) is 5.73 Å². The van der Waals surface area contributed by atoms with Gasteiger partial charge in [-0.05, 0) is 38.5 Å². The van der Waals surface area contributed by atoms with Crippen molar-refractivity contribution in [1.29, 1.82) is 5.26 Å². The number of nitrogens with two attached hydrogens (primary N) is 1. The second-order valence-electron chi connectivity index (χ2n) is 7.20. The van der Waals surface area contributed by atoms with E-state index in [1.54, 1.807) is 24.8 Å². The molecule has 0 aromatic heterocycles. The number of fused-ring (bicyclic) bond motifs is 1. The Morgan fingerprint density at radius 3 is 2.66 bits per heavy atom. The number of carbonyl (C=O) groups excluding carboxylic acids is 2. The molecule has 0 bridgehead atoms. The number of anilines is 2. The fraction of sp³-hybridized carbons (Fsp3) is 0.550.